The molecule has 0 aliphatic carbocycles. The minimum Gasteiger partial charge on any atom is -0.385 e. The summed E-state index contributed by atoms with van der Waals surface area (Å²) in [5.74, 6) is 0.0251. The van der Waals surface area contributed by atoms with Crippen LogP contribution in [-0.2, 0) is 4.79 Å². The zero-order valence-corrected chi connectivity index (χ0v) is 14.8. The number of nitrogens with one attached hydrogen (secondary N) is 2. The molecule has 4 heteroatoms. The minimum absolute atomic E-state index is 0.0251. The van der Waals surface area contributed by atoms with E-state index in [1.807, 2.05) is 43.3 Å². The Labute approximate surface area is 144 Å². The fourth-order valence-electron chi connectivity index (χ4n) is 2.66. The van der Waals surface area contributed by atoms with Crippen LogP contribution in [0, 0.1) is 6.92 Å². The van der Waals surface area contributed by atoms with E-state index in [-0.39, 0.29) is 5.91 Å². The summed E-state index contributed by atoms with van der Waals surface area (Å²) in [6, 6.07) is 16.1. The molecule has 1 amide bonds. The third-order valence-electron chi connectivity index (χ3n) is 4.07. The normalized spacial score (nSPS) is 10.3. The van der Waals surface area contributed by atoms with Crippen molar-refractivity contribution in [3.8, 4) is 0 Å². The van der Waals surface area contributed by atoms with Crippen LogP contribution in [0.2, 0.25) is 0 Å². The zero-order chi connectivity index (χ0) is 17.4. The van der Waals surface area contributed by atoms with Crippen molar-refractivity contribution in [1.82, 2.24) is 0 Å². The van der Waals surface area contributed by atoms with Crippen molar-refractivity contribution in [3.63, 3.8) is 0 Å². The molecule has 0 atom stereocenters. The number of anilines is 3. The van der Waals surface area contributed by atoms with Gasteiger partial charge in [0.1, 0.15) is 0 Å². The maximum Gasteiger partial charge on any atom is 0.226 e. The van der Waals surface area contributed by atoms with Gasteiger partial charge in [-0.25, -0.2) is 0 Å². The van der Waals surface area contributed by atoms with Crippen LogP contribution in [-0.4, -0.2) is 25.5 Å². The fourth-order valence-corrected chi connectivity index (χ4v) is 2.66. The number of hydrogen-bond donors (Lipinski definition) is 2. The summed E-state index contributed by atoms with van der Waals surface area (Å²) in [5, 5.41) is 6.25. The number of carbonyl (C=O) groups excluding carboxylic acids is 1. The summed E-state index contributed by atoms with van der Waals surface area (Å²) >= 11 is 0. The van der Waals surface area contributed by atoms with E-state index in [9.17, 15) is 4.79 Å². The van der Waals surface area contributed by atoms with Crippen LogP contribution in [0.15, 0.2) is 48.5 Å². The van der Waals surface area contributed by atoms with Gasteiger partial charge in [0.15, 0.2) is 0 Å². The molecule has 0 aliphatic rings. The molecule has 0 saturated carbocycles. The predicted molar refractivity (Wildman–Crippen MR) is 103 cm³/mol. The molecule has 2 rings (SSSR count). The molecule has 0 unspecified atom stereocenters. The lowest BCUT2D eigenvalue weighted by Crippen LogP contribution is -2.22. The summed E-state index contributed by atoms with van der Waals surface area (Å²) in [6.45, 7) is 8.90. The Morgan fingerprint density at radius 1 is 1.04 bits per heavy atom. The molecule has 0 spiro atoms. The van der Waals surface area contributed by atoms with Crippen LogP contribution in [0.25, 0.3) is 0 Å². The number of rotatable bonds is 8. The number of aryl methyl sites for hydroxylation is 1. The SMILES string of the molecule is CCN(CC)c1ccc(NC(=O)CCNc2ccccc2)c(C)c1. The quantitative estimate of drug-likeness (QED) is 0.761. The Kier molecular flexibility index (Phi) is 6.67. The number of para-hydroxylation sites is 1. The van der Waals surface area contributed by atoms with Crippen LogP contribution >= 0.6 is 0 Å². The average molecular weight is 325 g/mol. The lowest BCUT2D eigenvalue weighted by molar-refractivity contribution is -0.115. The first-order valence-electron chi connectivity index (χ1n) is 8.58. The highest BCUT2D eigenvalue weighted by Crippen LogP contribution is 2.22. The third-order valence-corrected chi connectivity index (χ3v) is 4.07. The van der Waals surface area contributed by atoms with Crippen LogP contribution in [0.3, 0.4) is 0 Å². The number of hydrogen-bond acceptors (Lipinski definition) is 3. The molecule has 0 bridgehead atoms. The highest BCUT2D eigenvalue weighted by Gasteiger charge is 2.08. The Balaban J connectivity index is 1.87. The van der Waals surface area contributed by atoms with Gasteiger partial charge in [0.2, 0.25) is 5.91 Å². The molecule has 0 radical (unpaired) electrons. The van der Waals surface area contributed by atoms with E-state index in [4.69, 9.17) is 0 Å². The topological polar surface area (TPSA) is 44.4 Å². The molecule has 0 aliphatic heterocycles. The van der Waals surface area contributed by atoms with Crippen molar-refractivity contribution >= 4 is 23.0 Å². The third kappa shape index (κ3) is 5.01. The molecule has 0 heterocycles. The Hall–Kier alpha value is -2.49. The van der Waals surface area contributed by atoms with Crippen molar-refractivity contribution in [2.45, 2.75) is 27.2 Å². The summed E-state index contributed by atoms with van der Waals surface area (Å²) in [6.07, 6.45) is 0.437. The van der Waals surface area contributed by atoms with Crippen molar-refractivity contribution in [3.05, 3.63) is 54.1 Å². The van der Waals surface area contributed by atoms with Gasteiger partial charge in [-0.15, -0.1) is 0 Å². The lowest BCUT2D eigenvalue weighted by atomic mass is 10.1. The van der Waals surface area contributed by atoms with E-state index < -0.39 is 0 Å². The first kappa shape index (κ1) is 17.9. The number of carbonyl (C=O) groups is 1. The molecular formula is C20H27N3O. The molecule has 4 nitrogen and oxygen atoms in total. The van der Waals surface area contributed by atoms with E-state index >= 15 is 0 Å². The van der Waals surface area contributed by atoms with Crippen LogP contribution < -0.4 is 15.5 Å². The maximum absolute atomic E-state index is 12.1. The molecule has 0 aromatic heterocycles. The highest BCUT2D eigenvalue weighted by molar-refractivity contribution is 5.92. The number of benzene rings is 2. The Morgan fingerprint density at radius 3 is 2.38 bits per heavy atom. The van der Waals surface area contributed by atoms with E-state index in [0.717, 1.165) is 30.0 Å². The standard InChI is InChI=1S/C20H27N3O/c1-4-23(5-2)18-11-12-19(16(3)15-18)22-20(24)13-14-21-17-9-7-6-8-10-17/h6-12,15,21H,4-5,13-14H2,1-3H3,(H,22,24). The van der Waals surface area contributed by atoms with Crippen molar-refractivity contribution in [2.24, 2.45) is 0 Å². The van der Waals surface area contributed by atoms with Crippen LogP contribution in [0.5, 0.6) is 0 Å². The predicted octanol–water partition coefficient (Wildman–Crippen LogP) is 4.28. The zero-order valence-electron chi connectivity index (χ0n) is 14.8. The molecule has 2 N–H and O–H groups in total. The van der Waals surface area contributed by atoms with Gasteiger partial charge in [-0.05, 0) is 56.7 Å². The second-order valence-corrected chi connectivity index (χ2v) is 5.76. The molecule has 128 valence electrons. The molecule has 24 heavy (non-hydrogen) atoms. The van der Waals surface area contributed by atoms with Gasteiger partial charge in [-0.3, -0.25) is 4.79 Å². The molecular weight excluding hydrogens is 298 g/mol. The van der Waals surface area contributed by atoms with E-state index in [1.165, 1.54) is 5.69 Å². The maximum atomic E-state index is 12.1. The van der Waals surface area contributed by atoms with E-state index in [0.29, 0.717) is 13.0 Å². The summed E-state index contributed by atoms with van der Waals surface area (Å²) in [5.41, 5.74) is 4.20. The Morgan fingerprint density at radius 2 is 1.75 bits per heavy atom. The van der Waals surface area contributed by atoms with Gasteiger partial charge in [-0.2, -0.15) is 0 Å². The first-order valence-corrected chi connectivity index (χ1v) is 8.58. The molecule has 2 aromatic carbocycles. The summed E-state index contributed by atoms with van der Waals surface area (Å²) < 4.78 is 0. The van der Waals surface area contributed by atoms with Crippen molar-refractivity contribution in [2.75, 3.05) is 35.2 Å². The van der Waals surface area contributed by atoms with Gasteiger partial charge < -0.3 is 15.5 Å². The van der Waals surface area contributed by atoms with Crippen molar-refractivity contribution in [1.29, 1.82) is 0 Å². The molecule has 0 saturated heterocycles. The molecule has 0 fully saturated rings. The van der Waals surface area contributed by atoms with Gasteiger partial charge in [0.25, 0.3) is 0 Å². The van der Waals surface area contributed by atoms with Gasteiger partial charge >= 0.3 is 0 Å². The van der Waals surface area contributed by atoms with Crippen molar-refractivity contribution < 1.29 is 4.79 Å². The van der Waals surface area contributed by atoms with Crippen LogP contribution in [0.4, 0.5) is 17.1 Å². The average Bonchev–Trinajstić information content (AvgIpc) is 2.59. The lowest BCUT2D eigenvalue weighted by Gasteiger charge is -2.22. The molecule has 2 aromatic rings. The summed E-state index contributed by atoms with van der Waals surface area (Å²) in [4.78, 5) is 14.4. The fraction of sp³-hybridized carbons (Fsp3) is 0.350. The smallest absolute Gasteiger partial charge is 0.226 e. The Bertz CT molecular complexity index is 651. The highest BCUT2D eigenvalue weighted by atomic mass is 16.1. The van der Waals surface area contributed by atoms with Crippen LogP contribution in [0.1, 0.15) is 25.8 Å². The second-order valence-electron chi connectivity index (χ2n) is 5.76. The van der Waals surface area contributed by atoms with E-state index in [2.05, 4.69) is 41.5 Å². The largest absolute Gasteiger partial charge is 0.385 e. The number of amides is 1. The van der Waals surface area contributed by atoms with Gasteiger partial charge in [-0.1, -0.05) is 18.2 Å². The second kappa shape index (κ2) is 8.96. The van der Waals surface area contributed by atoms with E-state index in [1.54, 1.807) is 0 Å². The monoisotopic (exact) mass is 325 g/mol. The van der Waals surface area contributed by atoms with Gasteiger partial charge in [0, 0.05) is 43.1 Å². The summed E-state index contributed by atoms with van der Waals surface area (Å²) in [7, 11) is 0. The minimum atomic E-state index is 0.0251. The van der Waals surface area contributed by atoms with Gasteiger partial charge in [0.05, 0.1) is 0 Å². The number of nitrogens with zero attached hydrogens (tertiary/aromatic N) is 1. The first-order chi connectivity index (χ1) is 11.6.